The Labute approximate surface area is 153 Å². The van der Waals surface area contributed by atoms with Gasteiger partial charge in [0.15, 0.2) is 17.1 Å². The number of benzene rings is 1. The van der Waals surface area contributed by atoms with Crippen LogP contribution in [0.2, 0.25) is 0 Å². The average Bonchev–Trinajstić information content (AvgIpc) is 3.34. The molecule has 1 amide bonds. The molecule has 26 heavy (non-hydrogen) atoms. The molecule has 1 saturated heterocycles. The number of hydrogen-bond donors (Lipinski definition) is 0. The van der Waals surface area contributed by atoms with E-state index in [-0.39, 0.29) is 12.7 Å². The summed E-state index contributed by atoms with van der Waals surface area (Å²) in [7, 11) is 0. The van der Waals surface area contributed by atoms with Crippen molar-refractivity contribution >= 4 is 23.3 Å². The molecule has 3 aromatic rings. The third kappa shape index (κ3) is 2.48. The zero-order valence-electron chi connectivity index (χ0n) is 13.9. The lowest BCUT2D eigenvalue weighted by Crippen LogP contribution is -2.37. The maximum atomic E-state index is 12.9. The SMILES string of the molecule is O=C(c1cnn2c(-c3ccc4c(c3)OCO4)ccnc12)N1CCSCC1. The van der Waals surface area contributed by atoms with Crippen molar-refractivity contribution in [3.63, 3.8) is 0 Å². The molecule has 1 aromatic carbocycles. The van der Waals surface area contributed by atoms with Crippen LogP contribution in [-0.4, -0.2) is 56.8 Å². The molecule has 0 unspecified atom stereocenters. The standard InChI is InChI=1S/C18H16N4O3S/c23-18(21-5-7-26-8-6-21)13-10-20-22-14(3-4-19-17(13)22)12-1-2-15-16(9-12)25-11-24-15/h1-4,9-10H,5-8,11H2. The van der Waals surface area contributed by atoms with Crippen molar-refractivity contribution in [1.82, 2.24) is 19.5 Å². The van der Waals surface area contributed by atoms with E-state index in [4.69, 9.17) is 9.47 Å². The Balaban J connectivity index is 1.56. The van der Waals surface area contributed by atoms with Gasteiger partial charge in [-0.15, -0.1) is 0 Å². The molecule has 0 saturated carbocycles. The molecular formula is C18H16N4O3S. The first-order valence-electron chi connectivity index (χ1n) is 8.41. The Morgan fingerprint density at radius 3 is 2.85 bits per heavy atom. The lowest BCUT2D eigenvalue weighted by molar-refractivity contribution is 0.0774. The van der Waals surface area contributed by atoms with Gasteiger partial charge in [-0.1, -0.05) is 0 Å². The normalized spacial score (nSPS) is 16.2. The van der Waals surface area contributed by atoms with Crippen molar-refractivity contribution in [2.75, 3.05) is 31.4 Å². The Kier molecular flexibility index (Phi) is 3.70. The van der Waals surface area contributed by atoms with Crippen LogP contribution in [0.5, 0.6) is 11.5 Å². The topological polar surface area (TPSA) is 69.0 Å². The van der Waals surface area contributed by atoms with E-state index < -0.39 is 0 Å². The molecule has 7 nitrogen and oxygen atoms in total. The highest BCUT2D eigenvalue weighted by atomic mass is 32.2. The summed E-state index contributed by atoms with van der Waals surface area (Å²) in [6.07, 6.45) is 3.32. The van der Waals surface area contributed by atoms with Crippen molar-refractivity contribution in [1.29, 1.82) is 0 Å². The highest BCUT2D eigenvalue weighted by Gasteiger charge is 2.23. The minimum absolute atomic E-state index is 0.00404. The zero-order valence-corrected chi connectivity index (χ0v) is 14.7. The number of aromatic nitrogens is 3. The third-order valence-corrected chi connectivity index (χ3v) is 5.54. The number of fused-ring (bicyclic) bond motifs is 2. The van der Waals surface area contributed by atoms with E-state index in [9.17, 15) is 4.79 Å². The first kappa shape index (κ1) is 15.5. The van der Waals surface area contributed by atoms with Gasteiger partial charge in [-0.3, -0.25) is 4.79 Å². The van der Waals surface area contributed by atoms with Crippen LogP contribution < -0.4 is 9.47 Å². The molecule has 0 radical (unpaired) electrons. The Hall–Kier alpha value is -2.74. The fourth-order valence-electron chi connectivity index (χ4n) is 3.25. The minimum Gasteiger partial charge on any atom is -0.454 e. The summed E-state index contributed by atoms with van der Waals surface area (Å²) < 4.78 is 12.5. The second kappa shape index (κ2) is 6.21. The summed E-state index contributed by atoms with van der Waals surface area (Å²) in [5.74, 6) is 3.39. The predicted octanol–water partition coefficient (Wildman–Crippen LogP) is 2.31. The van der Waals surface area contributed by atoms with E-state index >= 15 is 0 Å². The average molecular weight is 368 g/mol. The van der Waals surface area contributed by atoms with Crippen LogP contribution in [0.1, 0.15) is 10.4 Å². The monoisotopic (exact) mass is 368 g/mol. The fraction of sp³-hybridized carbons (Fsp3) is 0.278. The van der Waals surface area contributed by atoms with Crippen molar-refractivity contribution in [2.24, 2.45) is 0 Å². The predicted molar refractivity (Wildman–Crippen MR) is 97.8 cm³/mol. The van der Waals surface area contributed by atoms with Crippen LogP contribution in [0.25, 0.3) is 16.9 Å². The van der Waals surface area contributed by atoms with Gasteiger partial charge in [0.2, 0.25) is 6.79 Å². The second-order valence-electron chi connectivity index (χ2n) is 6.10. The molecular weight excluding hydrogens is 352 g/mol. The Morgan fingerprint density at radius 1 is 1.12 bits per heavy atom. The summed E-state index contributed by atoms with van der Waals surface area (Å²) in [5, 5.41) is 4.43. The van der Waals surface area contributed by atoms with Gasteiger partial charge in [0.1, 0.15) is 5.56 Å². The van der Waals surface area contributed by atoms with Gasteiger partial charge in [0.05, 0.1) is 11.9 Å². The smallest absolute Gasteiger partial charge is 0.259 e. The quantitative estimate of drug-likeness (QED) is 0.691. The Bertz CT molecular complexity index is 997. The van der Waals surface area contributed by atoms with Crippen LogP contribution in [0.4, 0.5) is 0 Å². The molecule has 1 fully saturated rings. The van der Waals surface area contributed by atoms with Gasteiger partial charge in [-0.05, 0) is 24.3 Å². The van der Waals surface area contributed by atoms with Crippen LogP contribution in [0.15, 0.2) is 36.7 Å². The highest BCUT2D eigenvalue weighted by molar-refractivity contribution is 7.99. The van der Waals surface area contributed by atoms with E-state index in [2.05, 4.69) is 10.1 Å². The summed E-state index contributed by atoms with van der Waals surface area (Å²) in [5.41, 5.74) is 2.89. The molecule has 2 aromatic heterocycles. The summed E-state index contributed by atoms with van der Waals surface area (Å²) >= 11 is 1.87. The molecule has 0 spiro atoms. The highest BCUT2D eigenvalue weighted by Crippen LogP contribution is 2.36. The molecule has 5 rings (SSSR count). The van der Waals surface area contributed by atoms with Crippen LogP contribution in [0.3, 0.4) is 0 Å². The lowest BCUT2D eigenvalue weighted by atomic mass is 10.1. The molecule has 2 aliphatic heterocycles. The van der Waals surface area contributed by atoms with Gasteiger partial charge < -0.3 is 14.4 Å². The number of ether oxygens (including phenoxy) is 2. The summed E-state index contributed by atoms with van der Waals surface area (Å²) in [4.78, 5) is 19.1. The maximum Gasteiger partial charge on any atom is 0.259 e. The first-order valence-corrected chi connectivity index (χ1v) is 9.56. The first-order chi connectivity index (χ1) is 12.8. The van der Waals surface area contributed by atoms with Crippen molar-refractivity contribution in [3.8, 4) is 22.8 Å². The number of amides is 1. The van der Waals surface area contributed by atoms with Crippen molar-refractivity contribution < 1.29 is 14.3 Å². The summed E-state index contributed by atoms with van der Waals surface area (Å²) in [6.45, 7) is 1.77. The van der Waals surface area contributed by atoms with Crippen LogP contribution >= 0.6 is 11.8 Å². The molecule has 4 heterocycles. The largest absolute Gasteiger partial charge is 0.454 e. The second-order valence-corrected chi connectivity index (χ2v) is 7.32. The molecule has 0 bridgehead atoms. The number of nitrogens with zero attached hydrogens (tertiary/aromatic N) is 4. The molecule has 0 atom stereocenters. The van der Waals surface area contributed by atoms with E-state index in [0.717, 1.165) is 41.6 Å². The van der Waals surface area contributed by atoms with Gasteiger partial charge in [0, 0.05) is 36.4 Å². The maximum absolute atomic E-state index is 12.9. The van der Waals surface area contributed by atoms with Gasteiger partial charge in [-0.25, -0.2) is 9.50 Å². The molecule has 2 aliphatic rings. The van der Waals surface area contributed by atoms with Crippen molar-refractivity contribution in [3.05, 3.63) is 42.2 Å². The molecule has 0 N–H and O–H groups in total. The summed E-state index contributed by atoms with van der Waals surface area (Å²) in [6, 6.07) is 7.63. The Morgan fingerprint density at radius 2 is 1.96 bits per heavy atom. The number of hydrogen-bond acceptors (Lipinski definition) is 6. The van der Waals surface area contributed by atoms with E-state index in [1.54, 1.807) is 16.9 Å². The van der Waals surface area contributed by atoms with E-state index in [1.165, 1.54) is 0 Å². The van der Waals surface area contributed by atoms with E-state index in [0.29, 0.717) is 17.0 Å². The zero-order chi connectivity index (χ0) is 17.5. The molecule has 0 aliphatic carbocycles. The van der Waals surface area contributed by atoms with Gasteiger partial charge in [0.25, 0.3) is 5.91 Å². The third-order valence-electron chi connectivity index (χ3n) is 4.60. The van der Waals surface area contributed by atoms with Gasteiger partial charge >= 0.3 is 0 Å². The molecule has 8 heteroatoms. The van der Waals surface area contributed by atoms with E-state index in [1.807, 2.05) is 40.9 Å². The molecule has 132 valence electrons. The van der Waals surface area contributed by atoms with Crippen LogP contribution in [0, 0.1) is 0 Å². The van der Waals surface area contributed by atoms with Gasteiger partial charge in [-0.2, -0.15) is 16.9 Å². The number of carbonyl (C=O) groups is 1. The van der Waals surface area contributed by atoms with Crippen LogP contribution in [-0.2, 0) is 0 Å². The fourth-order valence-corrected chi connectivity index (χ4v) is 4.16. The number of carbonyl (C=O) groups excluding carboxylic acids is 1. The number of thioether (sulfide) groups is 1. The minimum atomic E-state index is -0.00404. The van der Waals surface area contributed by atoms with Crippen molar-refractivity contribution in [2.45, 2.75) is 0 Å². The lowest BCUT2D eigenvalue weighted by Gasteiger charge is -2.25. The number of rotatable bonds is 2.